The Morgan fingerprint density at radius 3 is 2.94 bits per heavy atom. The molecule has 5 heteroatoms. The van der Waals surface area contributed by atoms with Gasteiger partial charge < -0.3 is 9.47 Å². The van der Waals surface area contributed by atoms with Crippen LogP contribution in [0.25, 0.3) is 0 Å². The van der Waals surface area contributed by atoms with E-state index in [0.29, 0.717) is 13.2 Å². The van der Waals surface area contributed by atoms with Crippen LogP contribution in [0.15, 0.2) is 24.5 Å². The number of hydrogen-bond acceptors (Lipinski definition) is 5. The SMILES string of the molecule is CC1OCC2ON(C)C(c3cccnc3)C2CO1. The molecule has 2 fully saturated rings. The van der Waals surface area contributed by atoms with Gasteiger partial charge in [0.2, 0.25) is 0 Å². The molecule has 0 N–H and O–H groups in total. The van der Waals surface area contributed by atoms with Crippen molar-refractivity contribution in [3.63, 3.8) is 0 Å². The molecular weight excluding hydrogens is 232 g/mol. The van der Waals surface area contributed by atoms with E-state index in [0.717, 1.165) is 5.56 Å². The fraction of sp³-hybridized carbons (Fsp3) is 0.615. The average molecular weight is 250 g/mol. The van der Waals surface area contributed by atoms with Gasteiger partial charge in [-0.1, -0.05) is 6.07 Å². The van der Waals surface area contributed by atoms with Gasteiger partial charge in [-0.15, -0.1) is 0 Å². The lowest BCUT2D eigenvalue weighted by Crippen LogP contribution is -2.25. The third-order valence-electron chi connectivity index (χ3n) is 3.62. The zero-order valence-corrected chi connectivity index (χ0v) is 10.7. The number of hydrogen-bond donors (Lipinski definition) is 0. The number of rotatable bonds is 1. The molecule has 2 saturated heterocycles. The maximum absolute atomic E-state index is 5.86. The van der Waals surface area contributed by atoms with E-state index in [1.165, 1.54) is 0 Å². The first-order chi connectivity index (χ1) is 8.75. The van der Waals surface area contributed by atoms with Crippen molar-refractivity contribution >= 4 is 0 Å². The van der Waals surface area contributed by atoms with Crippen molar-refractivity contribution < 1.29 is 14.3 Å². The molecule has 0 aromatic carbocycles. The molecule has 2 aliphatic rings. The van der Waals surface area contributed by atoms with Gasteiger partial charge >= 0.3 is 0 Å². The summed E-state index contributed by atoms with van der Waals surface area (Å²) < 4.78 is 11.2. The summed E-state index contributed by atoms with van der Waals surface area (Å²) >= 11 is 0. The summed E-state index contributed by atoms with van der Waals surface area (Å²) in [4.78, 5) is 10.0. The Morgan fingerprint density at radius 1 is 1.33 bits per heavy atom. The highest BCUT2D eigenvalue weighted by atomic mass is 16.7. The van der Waals surface area contributed by atoms with Crippen molar-refractivity contribution in [3.8, 4) is 0 Å². The number of pyridine rings is 1. The van der Waals surface area contributed by atoms with Crippen molar-refractivity contribution in [1.82, 2.24) is 10.0 Å². The molecule has 18 heavy (non-hydrogen) atoms. The summed E-state index contributed by atoms with van der Waals surface area (Å²) in [6.45, 7) is 3.15. The molecule has 0 amide bonds. The Balaban J connectivity index is 1.85. The normalized spacial score (nSPS) is 37.2. The maximum atomic E-state index is 5.86. The van der Waals surface area contributed by atoms with Crippen molar-refractivity contribution in [3.05, 3.63) is 30.1 Å². The van der Waals surface area contributed by atoms with Gasteiger partial charge in [-0.25, -0.2) is 0 Å². The molecular formula is C13H18N2O3. The Kier molecular flexibility index (Phi) is 3.30. The Labute approximate surface area is 107 Å². The minimum Gasteiger partial charge on any atom is -0.353 e. The molecule has 4 atom stereocenters. The van der Waals surface area contributed by atoms with E-state index >= 15 is 0 Å². The first kappa shape index (κ1) is 12.0. The van der Waals surface area contributed by atoms with Crippen LogP contribution in [0.5, 0.6) is 0 Å². The van der Waals surface area contributed by atoms with Crippen LogP contribution in [0.2, 0.25) is 0 Å². The minimum absolute atomic E-state index is 0.0603. The van der Waals surface area contributed by atoms with Crippen LogP contribution in [0.3, 0.4) is 0 Å². The van der Waals surface area contributed by atoms with Gasteiger partial charge in [-0.3, -0.25) is 9.82 Å². The van der Waals surface area contributed by atoms with Crippen LogP contribution in [0.4, 0.5) is 0 Å². The summed E-state index contributed by atoms with van der Waals surface area (Å²) in [5.74, 6) is 0.282. The molecule has 5 nitrogen and oxygen atoms in total. The van der Waals surface area contributed by atoms with Gasteiger partial charge in [-0.2, -0.15) is 5.06 Å². The number of aromatic nitrogens is 1. The molecule has 0 aliphatic carbocycles. The van der Waals surface area contributed by atoms with E-state index < -0.39 is 0 Å². The fourth-order valence-corrected chi connectivity index (χ4v) is 2.72. The lowest BCUT2D eigenvalue weighted by atomic mass is 9.91. The number of ether oxygens (including phenoxy) is 2. The van der Waals surface area contributed by atoms with E-state index in [2.05, 4.69) is 11.1 Å². The lowest BCUT2D eigenvalue weighted by Gasteiger charge is -2.22. The van der Waals surface area contributed by atoms with Gasteiger partial charge in [0.25, 0.3) is 0 Å². The molecule has 0 saturated carbocycles. The summed E-state index contributed by atoms with van der Waals surface area (Å²) in [6, 6.07) is 4.21. The number of hydroxylamine groups is 2. The highest BCUT2D eigenvalue weighted by Crippen LogP contribution is 2.39. The van der Waals surface area contributed by atoms with Gasteiger partial charge in [0.1, 0.15) is 6.10 Å². The number of nitrogens with zero attached hydrogens (tertiary/aromatic N) is 2. The zero-order valence-electron chi connectivity index (χ0n) is 10.7. The summed E-state index contributed by atoms with van der Waals surface area (Å²) in [7, 11) is 1.95. The fourth-order valence-electron chi connectivity index (χ4n) is 2.72. The standard InChI is InChI=1S/C13H18N2O3/c1-9-16-7-11-12(8-17-9)18-15(2)13(11)10-4-3-5-14-6-10/h3-6,9,11-13H,7-8H2,1-2H3. The quantitative estimate of drug-likeness (QED) is 0.753. The zero-order chi connectivity index (χ0) is 12.5. The molecule has 0 spiro atoms. The molecule has 3 rings (SSSR count). The summed E-state index contributed by atoms with van der Waals surface area (Å²) in [5, 5.41) is 1.90. The lowest BCUT2D eigenvalue weighted by molar-refractivity contribution is -0.180. The van der Waals surface area contributed by atoms with Crippen LogP contribution < -0.4 is 0 Å². The molecule has 98 valence electrons. The first-order valence-corrected chi connectivity index (χ1v) is 6.28. The van der Waals surface area contributed by atoms with Crippen LogP contribution in [-0.4, -0.2) is 42.7 Å². The van der Waals surface area contributed by atoms with E-state index in [9.17, 15) is 0 Å². The van der Waals surface area contributed by atoms with Crippen molar-refractivity contribution in [2.24, 2.45) is 5.92 Å². The van der Waals surface area contributed by atoms with E-state index in [4.69, 9.17) is 14.3 Å². The highest BCUT2D eigenvalue weighted by Gasteiger charge is 2.44. The van der Waals surface area contributed by atoms with Crippen LogP contribution in [0.1, 0.15) is 18.5 Å². The van der Waals surface area contributed by atoms with E-state index in [1.54, 1.807) is 6.20 Å². The molecule has 1 aromatic rings. The largest absolute Gasteiger partial charge is 0.353 e. The second-order valence-corrected chi connectivity index (χ2v) is 4.82. The summed E-state index contributed by atoms with van der Waals surface area (Å²) in [5.41, 5.74) is 1.16. The monoisotopic (exact) mass is 250 g/mol. The molecule has 0 radical (unpaired) electrons. The minimum atomic E-state index is -0.154. The average Bonchev–Trinajstić information content (AvgIpc) is 2.60. The first-order valence-electron chi connectivity index (χ1n) is 6.28. The second-order valence-electron chi connectivity index (χ2n) is 4.82. The predicted molar refractivity (Wildman–Crippen MR) is 64.5 cm³/mol. The van der Waals surface area contributed by atoms with Crippen LogP contribution in [0, 0.1) is 5.92 Å². The van der Waals surface area contributed by atoms with E-state index in [-0.39, 0.29) is 24.4 Å². The van der Waals surface area contributed by atoms with Crippen LogP contribution in [-0.2, 0) is 14.3 Å². The topological polar surface area (TPSA) is 43.8 Å². The summed E-state index contributed by atoms with van der Waals surface area (Å²) in [6.07, 6.45) is 3.58. The predicted octanol–water partition coefficient (Wildman–Crippen LogP) is 1.38. The Hall–Kier alpha value is -1.01. The molecule has 3 heterocycles. The smallest absolute Gasteiger partial charge is 0.154 e. The molecule has 2 aliphatic heterocycles. The van der Waals surface area contributed by atoms with Gasteiger partial charge in [0, 0.05) is 25.4 Å². The third-order valence-corrected chi connectivity index (χ3v) is 3.62. The maximum Gasteiger partial charge on any atom is 0.154 e. The van der Waals surface area contributed by atoms with E-state index in [1.807, 2.05) is 31.3 Å². The van der Waals surface area contributed by atoms with Crippen molar-refractivity contribution in [1.29, 1.82) is 0 Å². The van der Waals surface area contributed by atoms with Gasteiger partial charge in [0.15, 0.2) is 6.29 Å². The third kappa shape index (κ3) is 2.14. The van der Waals surface area contributed by atoms with Gasteiger partial charge in [-0.05, 0) is 18.6 Å². The molecule has 0 bridgehead atoms. The highest BCUT2D eigenvalue weighted by molar-refractivity contribution is 5.16. The number of fused-ring (bicyclic) bond motifs is 1. The Bertz CT molecular complexity index is 400. The van der Waals surface area contributed by atoms with Gasteiger partial charge in [0.05, 0.1) is 19.3 Å². The van der Waals surface area contributed by atoms with Crippen molar-refractivity contribution in [2.45, 2.75) is 25.4 Å². The molecule has 1 aromatic heterocycles. The molecule has 4 unspecified atom stereocenters. The second kappa shape index (κ2) is 4.93. The van der Waals surface area contributed by atoms with Crippen molar-refractivity contribution in [2.75, 3.05) is 20.3 Å². The van der Waals surface area contributed by atoms with Crippen LogP contribution >= 0.6 is 0 Å². The Morgan fingerprint density at radius 2 is 2.17 bits per heavy atom.